The molecule has 1 nitrogen and oxygen atoms in total. The topological polar surface area (TPSA) is 26.0 Å². The lowest BCUT2D eigenvalue weighted by atomic mass is 9.91. The first-order chi connectivity index (χ1) is 7.18. The Balaban J connectivity index is 2.03. The van der Waals surface area contributed by atoms with Crippen molar-refractivity contribution in [3.63, 3.8) is 0 Å². The van der Waals surface area contributed by atoms with Crippen molar-refractivity contribution in [2.75, 3.05) is 17.2 Å². The van der Waals surface area contributed by atoms with Crippen molar-refractivity contribution < 1.29 is 4.39 Å². The van der Waals surface area contributed by atoms with E-state index in [1.807, 2.05) is 36.0 Å². The highest BCUT2D eigenvalue weighted by Gasteiger charge is 2.31. The molecule has 2 rings (SSSR count). The van der Waals surface area contributed by atoms with E-state index in [0.29, 0.717) is 19.3 Å². The maximum atomic E-state index is 14.3. The van der Waals surface area contributed by atoms with Gasteiger partial charge < -0.3 is 5.73 Å². The molecule has 0 unspecified atom stereocenters. The minimum atomic E-state index is -0.985. The fraction of sp³-hybridized carbons (Fsp3) is 0.500. The number of halogens is 1. The Morgan fingerprint density at radius 1 is 1.20 bits per heavy atom. The number of nitrogens with two attached hydrogens (primary N) is 1. The predicted octanol–water partition coefficient (Wildman–Crippen LogP) is 3.05. The van der Waals surface area contributed by atoms with Gasteiger partial charge in [-0.15, -0.1) is 0 Å². The smallest absolute Gasteiger partial charge is 0.116 e. The van der Waals surface area contributed by atoms with Crippen LogP contribution in [0.4, 0.5) is 10.1 Å². The van der Waals surface area contributed by atoms with E-state index in [1.165, 1.54) is 0 Å². The summed E-state index contributed by atoms with van der Waals surface area (Å²) in [5.41, 5.74) is 6.41. The number of nitrogen functional groups attached to an aromatic ring is 1. The van der Waals surface area contributed by atoms with Crippen molar-refractivity contribution in [3.8, 4) is 0 Å². The maximum absolute atomic E-state index is 14.3. The molecule has 1 saturated heterocycles. The second-order valence-electron chi connectivity index (χ2n) is 4.18. The van der Waals surface area contributed by atoms with E-state index in [0.717, 1.165) is 22.8 Å². The normalized spacial score (nSPS) is 20.1. The Labute approximate surface area is 94.2 Å². The molecular weight excluding hydrogens is 209 g/mol. The molecule has 1 aromatic rings. The van der Waals surface area contributed by atoms with Gasteiger partial charge in [0.05, 0.1) is 0 Å². The zero-order chi connectivity index (χ0) is 10.7. The average Bonchev–Trinajstić information content (AvgIpc) is 2.22. The number of hydrogen-bond donors (Lipinski definition) is 1. The molecule has 0 spiro atoms. The van der Waals surface area contributed by atoms with E-state index in [1.54, 1.807) is 0 Å². The fourth-order valence-corrected chi connectivity index (χ4v) is 3.14. The Bertz CT molecular complexity index is 317. The highest BCUT2D eigenvalue weighted by Crippen LogP contribution is 2.33. The molecule has 82 valence electrons. The molecule has 1 heterocycles. The van der Waals surface area contributed by atoms with Crippen LogP contribution >= 0.6 is 11.8 Å². The van der Waals surface area contributed by atoms with Crippen molar-refractivity contribution in [3.05, 3.63) is 29.8 Å². The third-order valence-corrected chi connectivity index (χ3v) is 3.88. The summed E-state index contributed by atoms with van der Waals surface area (Å²) in [4.78, 5) is 0. The molecule has 2 N–H and O–H groups in total. The van der Waals surface area contributed by atoms with Gasteiger partial charge in [0.1, 0.15) is 5.67 Å². The standard InChI is InChI=1S/C12H16FNS/c13-12(5-7-15-8-6-12)9-10-1-3-11(14)4-2-10/h1-4H,5-9,14H2. The van der Waals surface area contributed by atoms with Crippen LogP contribution in [0.25, 0.3) is 0 Å². The van der Waals surface area contributed by atoms with Gasteiger partial charge in [0.2, 0.25) is 0 Å². The van der Waals surface area contributed by atoms with Crippen LogP contribution < -0.4 is 5.73 Å². The molecule has 0 radical (unpaired) electrons. The van der Waals surface area contributed by atoms with E-state index >= 15 is 0 Å². The van der Waals surface area contributed by atoms with Crippen LogP contribution in [-0.4, -0.2) is 17.2 Å². The summed E-state index contributed by atoms with van der Waals surface area (Å²) in [5, 5.41) is 0. The van der Waals surface area contributed by atoms with Crippen LogP contribution in [0.3, 0.4) is 0 Å². The van der Waals surface area contributed by atoms with Crippen molar-refractivity contribution in [1.82, 2.24) is 0 Å². The molecule has 3 heteroatoms. The molecule has 1 fully saturated rings. The first kappa shape index (κ1) is 10.8. The van der Waals surface area contributed by atoms with Gasteiger partial charge in [-0.2, -0.15) is 11.8 Å². The summed E-state index contributed by atoms with van der Waals surface area (Å²) in [6.45, 7) is 0. The Hall–Kier alpha value is -0.700. The Morgan fingerprint density at radius 3 is 2.40 bits per heavy atom. The molecule has 0 aromatic heterocycles. The summed E-state index contributed by atoms with van der Waals surface area (Å²) in [5.74, 6) is 1.90. The average molecular weight is 225 g/mol. The largest absolute Gasteiger partial charge is 0.399 e. The zero-order valence-corrected chi connectivity index (χ0v) is 9.52. The molecule has 0 saturated carbocycles. The first-order valence-electron chi connectivity index (χ1n) is 5.29. The molecule has 1 aliphatic heterocycles. The minimum absolute atomic E-state index is 0.536. The number of hydrogen-bond acceptors (Lipinski definition) is 2. The van der Waals surface area contributed by atoms with Crippen molar-refractivity contribution in [2.24, 2.45) is 0 Å². The zero-order valence-electron chi connectivity index (χ0n) is 8.71. The third-order valence-electron chi connectivity index (χ3n) is 2.89. The van der Waals surface area contributed by atoms with Gasteiger partial charge in [-0.1, -0.05) is 12.1 Å². The van der Waals surface area contributed by atoms with E-state index in [9.17, 15) is 4.39 Å². The first-order valence-corrected chi connectivity index (χ1v) is 6.45. The number of benzene rings is 1. The van der Waals surface area contributed by atoms with Crippen molar-refractivity contribution in [2.45, 2.75) is 24.9 Å². The molecule has 1 aliphatic rings. The molecule has 15 heavy (non-hydrogen) atoms. The molecule has 0 amide bonds. The molecule has 0 aliphatic carbocycles. The van der Waals surface area contributed by atoms with E-state index < -0.39 is 5.67 Å². The van der Waals surface area contributed by atoms with Gasteiger partial charge in [0.25, 0.3) is 0 Å². The van der Waals surface area contributed by atoms with Gasteiger partial charge >= 0.3 is 0 Å². The van der Waals surface area contributed by atoms with Crippen molar-refractivity contribution >= 4 is 17.4 Å². The predicted molar refractivity (Wildman–Crippen MR) is 65.0 cm³/mol. The molecular formula is C12H16FNS. The maximum Gasteiger partial charge on any atom is 0.116 e. The Morgan fingerprint density at radius 2 is 1.80 bits per heavy atom. The van der Waals surface area contributed by atoms with E-state index in [-0.39, 0.29) is 0 Å². The second-order valence-corrected chi connectivity index (χ2v) is 5.41. The van der Waals surface area contributed by atoms with Crippen LogP contribution in [0.15, 0.2) is 24.3 Å². The van der Waals surface area contributed by atoms with E-state index in [2.05, 4.69) is 0 Å². The lowest BCUT2D eigenvalue weighted by Crippen LogP contribution is -2.30. The highest BCUT2D eigenvalue weighted by atomic mass is 32.2. The van der Waals surface area contributed by atoms with Gasteiger partial charge in [-0.05, 0) is 42.0 Å². The number of alkyl halides is 1. The molecule has 0 atom stereocenters. The minimum Gasteiger partial charge on any atom is -0.399 e. The van der Waals surface area contributed by atoms with Crippen LogP contribution in [0.2, 0.25) is 0 Å². The summed E-state index contributed by atoms with van der Waals surface area (Å²) < 4.78 is 14.3. The number of anilines is 1. The van der Waals surface area contributed by atoms with Crippen LogP contribution in [-0.2, 0) is 6.42 Å². The lowest BCUT2D eigenvalue weighted by molar-refractivity contribution is 0.150. The van der Waals surface area contributed by atoms with Crippen LogP contribution in [0.5, 0.6) is 0 Å². The van der Waals surface area contributed by atoms with Gasteiger partial charge in [-0.25, -0.2) is 4.39 Å². The van der Waals surface area contributed by atoms with Crippen molar-refractivity contribution in [1.29, 1.82) is 0 Å². The molecule has 1 aromatic carbocycles. The van der Waals surface area contributed by atoms with Gasteiger partial charge in [-0.3, -0.25) is 0 Å². The number of thioether (sulfide) groups is 1. The third kappa shape index (κ3) is 2.88. The van der Waals surface area contributed by atoms with E-state index in [4.69, 9.17) is 5.73 Å². The summed E-state index contributed by atoms with van der Waals surface area (Å²) in [6, 6.07) is 7.55. The molecule has 0 bridgehead atoms. The Kier molecular flexibility index (Phi) is 3.19. The second kappa shape index (κ2) is 4.44. The van der Waals surface area contributed by atoms with Gasteiger partial charge in [0, 0.05) is 12.1 Å². The SMILES string of the molecule is Nc1ccc(CC2(F)CCSCC2)cc1. The quantitative estimate of drug-likeness (QED) is 0.783. The highest BCUT2D eigenvalue weighted by molar-refractivity contribution is 7.99. The number of rotatable bonds is 2. The lowest BCUT2D eigenvalue weighted by Gasteiger charge is -2.29. The van der Waals surface area contributed by atoms with Crippen LogP contribution in [0.1, 0.15) is 18.4 Å². The monoisotopic (exact) mass is 225 g/mol. The fourth-order valence-electron chi connectivity index (χ4n) is 1.92. The summed E-state index contributed by atoms with van der Waals surface area (Å²) >= 11 is 1.85. The summed E-state index contributed by atoms with van der Waals surface area (Å²) in [7, 11) is 0. The summed E-state index contributed by atoms with van der Waals surface area (Å²) in [6.07, 6.45) is 1.90. The van der Waals surface area contributed by atoms with Crippen LogP contribution in [0, 0.1) is 0 Å². The van der Waals surface area contributed by atoms with Gasteiger partial charge in [0.15, 0.2) is 0 Å².